The van der Waals surface area contributed by atoms with Crippen LogP contribution in [0.25, 0.3) is 0 Å². The summed E-state index contributed by atoms with van der Waals surface area (Å²) in [6.07, 6.45) is 0.261. The van der Waals surface area contributed by atoms with E-state index in [9.17, 15) is 36.6 Å². The van der Waals surface area contributed by atoms with E-state index in [1.807, 2.05) is 11.8 Å². The highest BCUT2D eigenvalue weighted by atomic mass is 35.5. The number of anilines is 1. The van der Waals surface area contributed by atoms with Crippen molar-refractivity contribution >= 4 is 33.0 Å². The summed E-state index contributed by atoms with van der Waals surface area (Å²) in [5.74, 6) is -6.28. The van der Waals surface area contributed by atoms with Crippen molar-refractivity contribution in [2.45, 2.75) is 61.9 Å². The number of benzene rings is 2. The van der Waals surface area contributed by atoms with Gasteiger partial charge in [-0.3, -0.25) is 4.79 Å². The Hall–Kier alpha value is -2.18. The highest BCUT2D eigenvalue weighted by molar-refractivity contribution is 7.92. The number of aliphatic hydroxyl groups excluding tert-OH is 1. The van der Waals surface area contributed by atoms with E-state index in [-0.39, 0.29) is 46.5 Å². The predicted octanol–water partition coefficient (Wildman–Crippen LogP) is 4.65. The van der Waals surface area contributed by atoms with Gasteiger partial charge in [0, 0.05) is 36.5 Å². The molecule has 12 heteroatoms. The summed E-state index contributed by atoms with van der Waals surface area (Å²) in [5.41, 5.74) is -1.65. The molecule has 0 saturated heterocycles. The van der Waals surface area contributed by atoms with Gasteiger partial charge in [0.15, 0.2) is 27.3 Å². The number of aliphatic hydroxyl groups is 2. The smallest absolute Gasteiger partial charge is 0.255 e. The van der Waals surface area contributed by atoms with Crippen molar-refractivity contribution in [2.24, 2.45) is 11.8 Å². The number of hydrogen-bond acceptors (Lipinski definition) is 6. The van der Waals surface area contributed by atoms with Crippen LogP contribution in [0.2, 0.25) is 5.02 Å². The Morgan fingerprint density at radius 2 is 1.82 bits per heavy atom. The van der Waals surface area contributed by atoms with Crippen LogP contribution in [0.3, 0.4) is 0 Å². The van der Waals surface area contributed by atoms with Crippen molar-refractivity contribution in [3.8, 4) is 0 Å². The van der Waals surface area contributed by atoms with Crippen LogP contribution in [0.4, 0.5) is 18.9 Å². The summed E-state index contributed by atoms with van der Waals surface area (Å²) in [5, 5.41) is 22.6. The molecule has 1 saturated carbocycles. The monoisotopic (exact) mass is 590 g/mol. The zero-order chi connectivity index (χ0) is 29.3. The van der Waals surface area contributed by atoms with Crippen LogP contribution in [0.15, 0.2) is 35.2 Å². The molecule has 216 valence electrons. The molecule has 0 bridgehead atoms. The Bertz CT molecular complexity index is 1300. The third-order valence-electron chi connectivity index (χ3n) is 7.50. The Balaban J connectivity index is 1.87. The van der Waals surface area contributed by atoms with Gasteiger partial charge < -0.3 is 20.4 Å². The van der Waals surface area contributed by atoms with Gasteiger partial charge in [-0.25, -0.2) is 21.6 Å². The van der Waals surface area contributed by atoms with Crippen LogP contribution in [0.1, 0.15) is 50.4 Å². The quantitative estimate of drug-likeness (QED) is 0.367. The molecule has 5 atom stereocenters. The second-order valence-electron chi connectivity index (χ2n) is 10.5. The van der Waals surface area contributed by atoms with Gasteiger partial charge in [0.05, 0.1) is 26.9 Å². The first-order chi connectivity index (χ1) is 18.1. The van der Waals surface area contributed by atoms with Gasteiger partial charge in [-0.05, 0) is 56.8 Å². The summed E-state index contributed by atoms with van der Waals surface area (Å²) in [6.45, 7) is 5.96. The molecular formula is C27H34ClF3N2O5S. The van der Waals surface area contributed by atoms with Crippen LogP contribution < -0.4 is 5.32 Å². The molecule has 1 fully saturated rings. The van der Waals surface area contributed by atoms with Crippen molar-refractivity contribution in [1.29, 1.82) is 0 Å². The van der Waals surface area contributed by atoms with E-state index in [1.165, 1.54) is 12.1 Å². The number of halogens is 4. The first-order valence-corrected chi connectivity index (χ1v) is 14.6. The zero-order valence-electron chi connectivity index (χ0n) is 22.2. The minimum Gasteiger partial charge on any atom is -0.392 e. The van der Waals surface area contributed by atoms with Gasteiger partial charge in [-0.15, -0.1) is 0 Å². The first kappa shape index (κ1) is 31.3. The SMILES string of the molecule is CCC1C[C@@H](S(=O)(=O)c2cc(C(=O)Nc3cc(F)c(F)c(F)c3)ccc2Cl)C[C@H](C)[C@@]1(O)CN(C)CC(C)O. The lowest BCUT2D eigenvalue weighted by Crippen LogP contribution is -2.57. The topological polar surface area (TPSA) is 107 Å². The van der Waals surface area contributed by atoms with Crippen molar-refractivity contribution in [3.05, 3.63) is 58.4 Å². The highest BCUT2D eigenvalue weighted by Gasteiger charge is 2.50. The van der Waals surface area contributed by atoms with Gasteiger partial charge >= 0.3 is 0 Å². The molecule has 0 spiro atoms. The average Bonchev–Trinajstić information content (AvgIpc) is 2.83. The molecule has 1 aliphatic carbocycles. The molecule has 0 heterocycles. The number of carbonyl (C=O) groups excluding carboxylic acids is 1. The molecule has 1 aliphatic rings. The minimum absolute atomic E-state index is 0.0939. The van der Waals surface area contributed by atoms with Crippen molar-refractivity contribution in [1.82, 2.24) is 4.90 Å². The fourth-order valence-corrected chi connectivity index (χ4v) is 7.96. The first-order valence-electron chi connectivity index (χ1n) is 12.7. The normalized spacial score (nSPS) is 24.5. The Kier molecular flexibility index (Phi) is 9.76. The fraction of sp³-hybridized carbons (Fsp3) is 0.519. The van der Waals surface area contributed by atoms with E-state index in [0.717, 1.165) is 6.07 Å². The summed E-state index contributed by atoms with van der Waals surface area (Å²) >= 11 is 6.27. The fourth-order valence-electron chi connectivity index (χ4n) is 5.50. The van der Waals surface area contributed by atoms with Crippen LogP contribution in [-0.4, -0.2) is 66.5 Å². The van der Waals surface area contributed by atoms with Gasteiger partial charge in [0.1, 0.15) is 0 Å². The third-order valence-corrected chi connectivity index (χ3v) is 10.2. The van der Waals surface area contributed by atoms with Gasteiger partial charge in [-0.1, -0.05) is 31.9 Å². The van der Waals surface area contributed by atoms with E-state index in [4.69, 9.17) is 11.6 Å². The largest absolute Gasteiger partial charge is 0.392 e. The van der Waals surface area contributed by atoms with Gasteiger partial charge in [0.2, 0.25) is 0 Å². The maximum absolute atomic E-state index is 13.8. The number of amides is 1. The molecular weight excluding hydrogens is 557 g/mol. The maximum atomic E-state index is 13.8. The molecule has 3 N–H and O–H groups in total. The molecule has 0 aromatic heterocycles. The molecule has 0 aliphatic heterocycles. The summed E-state index contributed by atoms with van der Waals surface area (Å²) in [4.78, 5) is 14.3. The molecule has 3 rings (SSSR count). The molecule has 2 aromatic carbocycles. The van der Waals surface area contributed by atoms with Crippen LogP contribution in [0, 0.1) is 29.3 Å². The molecule has 39 heavy (non-hydrogen) atoms. The predicted molar refractivity (Wildman–Crippen MR) is 143 cm³/mol. The van der Waals surface area contributed by atoms with Crippen LogP contribution >= 0.6 is 11.6 Å². The highest BCUT2D eigenvalue weighted by Crippen LogP contribution is 2.44. The van der Waals surface area contributed by atoms with E-state index in [1.54, 1.807) is 20.9 Å². The van der Waals surface area contributed by atoms with Crippen LogP contribution in [-0.2, 0) is 9.84 Å². The number of nitrogens with one attached hydrogen (secondary N) is 1. The standard InChI is InChI=1S/C27H34ClF3N2O5S/c1-5-18-10-20(8-15(2)27(18,36)14-33(4)13-16(3)34)39(37,38)24-9-17(6-7-21(24)28)26(35)32-19-11-22(29)25(31)23(30)12-19/h6-7,9,11-12,15-16,18,20,34,36H,5,8,10,13-14H2,1-4H3,(H,32,35)/t15-,16?,18?,20-,27-/m0/s1. The molecule has 7 nitrogen and oxygen atoms in total. The van der Waals surface area contributed by atoms with Crippen molar-refractivity contribution in [3.63, 3.8) is 0 Å². The van der Waals surface area contributed by atoms with Crippen molar-refractivity contribution in [2.75, 3.05) is 25.5 Å². The molecule has 2 aromatic rings. The molecule has 2 unspecified atom stereocenters. The summed E-state index contributed by atoms with van der Waals surface area (Å²) < 4.78 is 67.9. The summed E-state index contributed by atoms with van der Waals surface area (Å²) in [7, 11) is -2.27. The minimum atomic E-state index is -4.06. The Morgan fingerprint density at radius 3 is 2.38 bits per heavy atom. The Labute approximate surface area is 231 Å². The van der Waals surface area contributed by atoms with Gasteiger partial charge in [0.25, 0.3) is 5.91 Å². The lowest BCUT2D eigenvalue weighted by atomic mass is 9.67. The molecule has 0 radical (unpaired) electrons. The number of likely N-dealkylation sites (N-methyl/N-ethyl adjacent to an activating group) is 1. The second-order valence-corrected chi connectivity index (χ2v) is 13.1. The number of carbonyl (C=O) groups is 1. The van der Waals surface area contributed by atoms with Crippen molar-refractivity contribution < 1.29 is 36.6 Å². The zero-order valence-corrected chi connectivity index (χ0v) is 23.8. The number of nitrogens with zero attached hydrogens (tertiary/aromatic N) is 1. The number of rotatable bonds is 9. The average molecular weight is 591 g/mol. The third kappa shape index (κ3) is 6.77. The Morgan fingerprint density at radius 1 is 1.21 bits per heavy atom. The molecule has 1 amide bonds. The lowest BCUT2D eigenvalue weighted by molar-refractivity contribution is -0.107. The van der Waals surface area contributed by atoms with Gasteiger partial charge in [-0.2, -0.15) is 0 Å². The van der Waals surface area contributed by atoms with E-state index in [0.29, 0.717) is 25.1 Å². The van der Waals surface area contributed by atoms with E-state index < -0.39 is 56.1 Å². The number of sulfone groups is 1. The summed E-state index contributed by atoms with van der Waals surface area (Å²) in [6, 6.07) is 4.84. The number of hydrogen-bond donors (Lipinski definition) is 3. The maximum Gasteiger partial charge on any atom is 0.255 e. The van der Waals surface area contributed by atoms with Crippen LogP contribution in [0.5, 0.6) is 0 Å². The lowest BCUT2D eigenvalue weighted by Gasteiger charge is -2.48. The van der Waals surface area contributed by atoms with E-state index >= 15 is 0 Å². The van der Waals surface area contributed by atoms with E-state index in [2.05, 4.69) is 5.32 Å². The second kappa shape index (κ2) is 12.1.